The lowest BCUT2D eigenvalue weighted by atomic mass is 10.1. The molecule has 3 nitrogen and oxygen atoms in total. The average molecular weight is 305 g/mol. The van der Waals surface area contributed by atoms with Crippen molar-refractivity contribution in [3.05, 3.63) is 28.2 Å². The van der Waals surface area contributed by atoms with Gasteiger partial charge in [0.1, 0.15) is 0 Å². The van der Waals surface area contributed by atoms with Gasteiger partial charge in [-0.15, -0.1) is 0 Å². The van der Waals surface area contributed by atoms with Crippen molar-refractivity contribution < 1.29 is 5.11 Å². The standard InChI is InChI=1S/C12H14Cl2N2OS/c13-8-5-9(14)7-10(6-8)15-12(18)16-3-1-11(17)2-4-16/h5-7,11,17H,1-4H2,(H,15,18). The minimum atomic E-state index is -0.204. The molecule has 6 heteroatoms. The van der Waals surface area contributed by atoms with Gasteiger partial charge < -0.3 is 15.3 Å². The third-order valence-corrected chi connectivity index (χ3v) is 3.66. The number of nitrogens with one attached hydrogen (secondary N) is 1. The maximum absolute atomic E-state index is 9.45. The second kappa shape index (κ2) is 6.06. The van der Waals surface area contributed by atoms with Gasteiger partial charge in [-0.05, 0) is 43.3 Å². The zero-order valence-corrected chi connectivity index (χ0v) is 12.0. The Kier molecular flexibility index (Phi) is 4.67. The van der Waals surface area contributed by atoms with Gasteiger partial charge in [0.05, 0.1) is 6.10 Å². The molecule has 1 aromatic carbocycles. The van der Waals surface area contributed by atoms with Crippen molar-refractivity contribution in [2.24, 2.45) is 0 Å². The quantitative estimate of drug-likeness (QED) is 0.781. The van der Waals surface area contributed by atoms with Gasteiger partial charge in [-0.1, -0.05) is 23.2 Å². The molecule has 0 amide bonds. The number of aliphatic hydroxyl groups excluding tert-OH is 1. The zero-order valence-electron chi connectivity index (χ0n) is 9.70. The molecular weight excluding hydrogens is 291 g/mol. The third-order valence-electron chi connectivity index (χ3n) is 2.87. The molecule has 2 rings (SSSR count). The second-order valence-electron chi connectivity index (χ2n) is 4.31. The maximum Gasteiger partial charge on any atom is 0.173 e. The van der Waals surface area contributed by atoms with Crippen LogP contribution in [0.15, 0.2) is 18.2 Å². The lowest BCUT2D eigenvalue weighted by Gasteiger charge is -2.31. The van der Waals surface area contributed by atoms with Crippen LogP contribution in [0.2, 0.25) is 10.0 Å². The number of nitrogens with zero attached hydrogens (tertiary/aromatic N) is 1. The van der Waals surface area contributed by atoms with E-state index in [2.05, 4.69) is 5.32 Å². The van der Waals surface area contributed by atoms with Crippen molar-refractivity contribution in [3.63, 3.8) is 0 Å². The van der Waals surface area contributed by atoms with E-state index in [0.29, 0.717) is 15.2 Å². The fourth-order valence-corrected chi connectivity index (χ4v) is 2.72. The van der Waals surface area contributed by atoms with Gasteiger partial charge in [-0.3, -0.25) is 0 Å². The number of aliphatic hydroxyl groups is 1. The predicted molar refractivity (Wildman–Crippen MR) is 79.5 cm³/mol. The van der Waals surface area contributed by atoms with Crippen molar-refractivity contribution in [2.45, 2.75) is 18.9 Å². The lowest BCUT2D eigenvalue weighted by Crippen LogP contribution is -2.42. The first-order valence-corrected chi connectivity index (χ1v) is 6.91. The molecule has 0 radical (unpaired) electrons. The summed E-state index contributed by atoms with van der Waals surface area (Å²) in [5.41, 5.74) is 0.781. The number of rotatable bonds is 1. The number of likely N-dealkylation sites (tertiary alicyclic amines) is 1. The summed E-state index contributed by atoms with van der Waals surface area (Å²) in [7, 11) is 0. The molecule has 1 fully saturated rings. The van der Waals surface area contributed by atoms with Crippen molar-refractivity contribution in [1.82, 2.24) is 4.90 Å². The monoisotopic (exact) mass is 304 g/mol. The smallest absolute Gasteiger partial charge is 0.173 e. The first-order chi connectivity index (χ1) is 8.54. The van der Waals surface area contributed by atoms with Crippen LogP contribution < -0.4 is 5.32 Å². The minimum absolute atomic E-state index is 0.204. The van der Waals surface area contributed by atoms with Gasteiger partial charge >= 0.3 is 0 Å². The van der Waals surface area contributed by atoms with Crippen LogP contribution >= 0.6 is 35.4 Å². The SMILES string of the molecule is OC1CCN(C(=S)Nc2cc(Cl)cc(Cl)c2)CC1. The van der Waals surface area contributed by atoms with Crippen molar-refractivity contribution in [1.29, 1.82) is 0 Å². The second-order valence-corrected chi connectivity index (χ2v) is 5.57. The summed E-state index contributed by atoms with van der Waals surface area (Å²) in [5.74, 6) is 0. The van der Waals surface area contributed by atoms with E-state index < -0.39 is 0 Å². The predicted octanol–water partition coefficient (Wildman–Crippen LogP) is 3.15. The lowest BCUT2D eigenvalue weighted by molar-refractivity contribution is 0.110. The van der Waals surface area contributed by atoms with Crippen LogP contribution in [0.25, 0.3) is 0 Å². The molecule has 1 aromatic rings. The molecule has 0 atom stereocenters. The van der Waals surface area contributed by atoms with E-state index in [4.69, 9.17) is 35.4 Å². The van der Waals surface area contributed by atoms with Crippen LogP contribution in [-0.2, 0) is 0 Å². The summed E-state index contributed by atoms with van der Waals surface area (Å²) in [5, 5.41) is 14.3. The summed E-state index contributed by atoms with van der Waals surface area (Å²) < 4.78 is 0. The molecule has 0 saturated carbocycles. The van der Waals surface area contributed by atoms with Crippen LogP contribution in [0.5, 0.6) is 0 Å². The number of hydrogen-bond acceptors (Lipinski definition) is 2. The molecule has 18 heavy (non-hydrogen) atoms. The Morgan fingerprint density at radius 3 is 2.33 bits per heavy atom. The highest BCUT2D eigenvalue weighted by Gasteiger charge is 2.19. The fourth-order valence-electron chi connectivity index (χ4n) is 1.90. The highest BCUT2D eigenvalue weighted by atomic mass is 35.5. The Balaban J connectivity index is 1.98. The van der Waals surface area contributed by atoms with E-state index in [9.17, 15) is 5.11 Å². The summed E-state index contributed by atoms with van der Waals surface area (Å²) >= 11 is 17.2. The largest absolute Gasteiger partial charge is 0.393 e. The topological polar surface area (TPSA) is 35.5 Å². The molecule has 0 aliphatic carbocycles. The number of anilines is 1. The first-order valence-electron chi connectivity index (χ1n) is 5.74. The Morgan fingerprint density at radius 1 is 1.22 bits per heavy atom. The molecule has 2 N–H and O–H groups in total. The summed E-state index contributed by atoms with van der Waals surface area (Å²) in [6.45, 7) is 1.53. The molecule has 1 aliphatic rings. The van der Waals surface area contributed by atoms with Crippen LogP contribution in [-0.4, -0.2) is 34.3 Å². The summed E-state index contributed by atoms with van der Waals surface area (Å²) in [6.07, 6.45) is 1.29. The molecule has 0 aromatic heterocycles. The third kappa shape index (κ3) is 3.72. The minimum Gasteiger partial charge on any atom is -0.393 e. The summed E-state index contributed by atoms with van der Waals surface area (Å²) in [6, 6.07) is 5.23. The van der Waals surface area contributed by atoms with Gasteiger partial charge in [0.2, 0.25) is 0 Å². The molecule has 0 unspecified atom stereocenters. The first kappa shape index (κ1) is 13.9. The van der Waals surface area contributed by atoms with Crippen LogP contribution in [0.1, 0.15) is 12.8 Å². The van der Waals surface area contributed by atoms with E-state index in [1.807, 2.05) is 4.90 Å². The zero-order chi connectivity index (χ0) is 13.1. The van der Waals surface area contributed by atoms with Gasteiger partial charge in [-0.2, -0.15) is 0 Å². The molecule has 1 heterocycles. The van der Waals surface area contributed by atoms with Gasteiger partial charge in [0.15, 0.2) is 5.11 Å². The van der Waals surface area contributed by atoms with E-state index >= 15 is 0 Å². The van der Waals surface area contributed by atoms with Crippen molar-refractivity contribution >= 4 is 46.2 Å². The molecular formula is C12H14Cl2N2OS. The Morgan fingerprint density at radius 2 is 1.78 bits per heavy atom. The van der Waals surface area contributed by atoms with Gasteiger partial charge in [0.25, 0.3) is 0 Å². The molecule has 0 bridgehead atoms. The number of thiocarbonyl (C=S) groups is 1. The molecule has 1 saturated heterocycles. The number of hydrogen-bond donors (Lipinski definition) is 2. The van der Waals surface area contributed by atoms with E-state index in [-0.39, 0.29) is 6.10 Å². The molecule has 1 aliphatic heterocycles. The van der Waals surface area contributed by atoms with Crippen molar-refractivity contribution in [2.75, 3.05) is 18.4 Å². The fraction of sp³-hybridized carbons (Fsp3) is 0.417. The van der Waals surface area contributed by atoms with E-state index in [1.54, 1.807) is 18.2 Å². The van der Waals surface area contributed by atoms with E-state index in [1.165, 1.54) is 0 Å². The Labute approximate surface area is 122 Å². The number of piperidine rings is 1. The van der Waals surface area contributed by atoms with Crippen LogP contribution in [0, 0.1) is 0 Å². The average Bonchev–Trinajstić information content (AvgIpc) is 2.28. The Bertz CT molecular complexity index is 427. The highest BCUT2D eigenvalue weighted by Crippen LogP contribution is 2.23. The van der Waals surface area contributed by atoms with Crippen LogP contribution in [0.3, 0.4) is 0 Å². The van der Waals surface area contributed by atoms with Gasteiger partial charge in [0, 0.05) is 28.8 Å². The van der Waals surface area contributed by atoms with Gasteiger partial charge in [-0.25, -0.2) is 0 Å². The maximum atomic E-state index is 9.45. The van der Waals surface area contributed by atoms with Crippen LogP contribution in [0.4, 0.5) is 5.69 Å². The normalized spacial score (nSPS) is 16.7. The molecule has 0 spiro atoms. The van der Waals surface area contributed by atoms with E-state index in [0.717, 1.165) is 31.6 Å². The summed E-state index contributed by atoms with van der Waals surface area (Å²) in [4.78, 5) is 2.04. The van der Waals surface area contributed by atoms with Crippen molar-refractivity contribution in [3.8, 4) is 0 Å². The highest BCUT2D eigenvalue weighted by molar-refractivity contribution is 7.80. The number of halogens is 2. The molecule has 98 valence electrons. The number of benzene rings is 1. The Hall–Kier alpha value is -0.550.